The third kappa shape index (κ3) is 3.00. The number of benzene rings is 1. The highest BCUT2D eigenvalue weighted by atomic mass is 35.5. The summed E-state index contributed by atoms with van der Waals surface area (Å²) < 4.78 is 13.0. The first-order valence-electron chi connectivity index (χ1n) is 6.36. The quantitative estimate of drug-likeness (QED) is 0.797. The Hall–Kier alpha value is -1.29. The largest absolute Gasteiger partial charge is 0.378 e. The number of alkyl halides is 2. The van der Waals surface area contributed by atoms with Gasteiger partial charge in [-0.2, -0.15) is 0 Å². The number of anilines is 1. The summed E-state index contributed by atoms with van der Waals surface area (Å²) in [5.74, 6) is -0.626. The Morgan fingerprint density at radius 2 is 2.26 bits per heavy atom. The Kier molecular flexibility index (Phi) is 4.30. The van der Waals surface area contributed by atoms with Gasteiger partial charge in [0.2, 0.25) is 0 Å². The van der Waals surface area contributed by atoms with Gasteiger partial charge < -0.3 is 9.80 Å². The zero-order chi connectivity index (χ0) is 14.0. The topological polar surface area (TPSA) is 23.6 Å². The lowest BCUT2D eigenvalue weighted by Gasteiger charge is -2.26. The number of halogens is 2. The molecule has 1 aromatic rings. The maximum atomic E-state index is 13.0. The maximum absolute atomic E-state index is 13.0. The van der Waals surface area contributed by atoms with E-state index in [1.165, 1.54) is 0 Å². The minimum atomic E-state index is -1.95. The van der Waals surface area contributed by atoms with E-state index < -0.39 is 11.5 Å². The normalized spacial score (nSPS) is 20.4. The predicted molar refractivity (Wildman–Crippen MR) is 75.2 cm³/mol. The molecule has 104 valence electrons. The molecule has 1 aromatic carbocycles. The third-order valence-corrected chi connectivity index (χ3v) is 3.68. The molecule has 1 amide bonds. The summed E-state index contributed by atoms with van der Waals surface area (Å²) in [5.41, 5.74) is 0.159. The summed E-state index contributed by atoms with van der Waals surface area (Å²) in [4.78, 5) is 15.3. The summed E-state index contributed by atoms with van der Waals surface area (Å²) >= 11 is 5.28. The molecule has 0 bridgehead atoms. The van der Waals surface area contributed by atoms with Crippen LogP contribution in [-0.2, 0) is 4.79 Å². The standard InChI is InChI=1S/C14H18ClFN2O/c1-17(2)11-6-3-5-10(9-11)12-7-4-8-18(12)14(19)13(15)16/h3,5-6,9,12-13H,4,7-8H2,1-2H3. The van der Waals surface area contributed by atoms with E-state index in [0.29, 0.717) is 6.54 Å². The second kappa shape index (κ2) is 5.78. The van der Waals surface area contributed by atoms with Crippen molar-refractivity contribution in [2.75, 3.05) is 25.5 Å². The Morgan fingerprint density at radius 1 is 1.53 bits per heavy atom. The zero-order valence-corrected chi connectivity index (χ0v) is 11.9. The van der Waals surface area contributed by atoms with E-state index in [9.17, 15) is 9.18 Å². The van der Waals surface area contributed by atoms with Crippen molar-refractivity contribution >= 4 is 23.2 Å². The van der Waals surface area contributed by atoms with Crippen molar-refractivity contribution in [1.82, 2.24) is 4.90 Å². The van der Waals surface area contributed by atoms with Gasteiger partial charge in [0.05, 0.1) is 6.04 Å². The van der Waals surface area contributed by atoms with Crippen molar-refractivity contribution in [3.05, 3.63) is 29.8 Å². The second-order valence-electron chi connectivity index (χ2n) is 4.98. The Balaban J connectivity index is 2.25. The van der Waals surface area contributed by atoms with Crippen LogP contribution in [0.3, 0.4) is 0 Å². The van der Waals surface area contributed by atoms with E-state index in [0.717, 1.165) is 24.1 Å². The van der Waals surface area contributed by atoms with Crippen LogP contribution in [0.5, 0.6) is 0 Å². The minimum Gasteiger partial charge on any atom is -0.378 e. The highest BCUT2D eigenvalue weighted by molar-refractivity contribution is 6.29. The van der Waals surface area contributed by atoms with E-state index >= 15 is 0 Å². The number of amides is 1. The number of rotatable bonds is 3. The van der Waals surface area contributed by atoms with Gasteiger partial charge in [-0.15, -0.1) is 0 Å². The molecule has 1 saturated heterocycles. The van der Waals surface area contributed by atoms with Crippen LogP contribution in [0.15, 0.2) is 24.3 Å². The van der Waals surface area contributed by atoms with Gasteiger partial charge in [-0.1, -0.05) is 23.7 Å². The van der Waals surface area contributed by atoms with Gasteiger partial charge in [0.25, 0.3) is 11.5 Å². The van der Waals surface area contributed by atoms with Crippen molar-refractivity contribution in [3.8, 4) is 0 Å². The van der Waals surface area contributed by atoms with Crippen molar-refractivity contribution in [2.45, 2.75) is 24.5 Å². The molecule has 3 nitrogen and oxygen atoms in total. The van der Waals surface area contributed by atoms with Gasteiger partial charge in [0, 0.05) is 26.3 Å². The van der Waals surface area contributed by atoms with Gasteiger partial charge in [-0.25, -0.2) is 4.39 Å². The summed E-state index contributed by atoms with van der Waals surface area (Å²) in [6.45, 7) is 0.572. The molecule has 0 radical (unpaired) electrons. The molecule has 2 atom stereocenters. The van der Waals surface area contributed by atoms with Crippen molar-refractivity contribution in [2.24, 2.45) is 0 Å². The van der Waals surface area contributed by atoms with Gasteiger partial charge >= 0.3 is 0 Å². The van der Waals surface area contributed by atoms with E-state index in [-0.39, 0.29) is 6.04 Å². The van der Waals surface area contributed by atoms with Gasteiger partial charge in [-0.05, 0) is 30.5 Å². The number of nitrogens with zero attached hydrogens (tertiary/aromatic N) is 2. The van der Waals surface area contributed by atoms with Crippen LogP contribution in [0, 0.1) is 0 Å². The first-order chi connectivity index (χ1) is 9.00. The smallest absolute Gasteiger partial charge is 0.273 e. The van der Waals surface area contributed by atoms with E-state index in [4.69, 9.17) is 11.6 Å². The molecular weight excluding hydrogens is 267 g/mol. The first-order valence-corrected chi connectivity index (χ1v) is 6.80. The summed E-state index contributed by atoms with van der Waals surface area (Å²) in [7, 11) is 3.93. The summed E-state index contributed by atoms with van der Waals surface area (Å²) in [6.07, 6.45) is 1.73. The number of hydrogen-bond donors (Lipinski definition) is 0. The predicted octanol–water partition coefficient (Wildman–Crippen LogP) is 2.95. The van der Waals surface area contributed by atoms with E-state index in [2.05, 4.69) is 0 Å². The summed E-state index contributed by atoms with van der Waals surface area (Å²) in [6, 6.07) is 7.91. The van der Waals surface area contributed by atoms with Crippen LogP contribution in [0.2, 0.25) is 0 Å². The molecule has 0 aromatic heterocycles. The average Bonchev–Trinajstić information content (AvgIpc) is 2.86. The molecule has 0 aliphatic carbocycles. The van der Waals surface area contributed by atoms with Crippen LogP contribution in [0.4, 0.5) is 10.1 Å². The third-order valence-electron chi connectivity index (χ3n) is 3.49. The van der Waals surface area contributed by atoms with Crippen LogP contribution in [0.1, 0.15) is 24.4 Å². The fourth-order valence-electron chi connectivity index (χ4n) is 2.51. The molecular formula is C14H18ClFN2O. The first kappa shape index (κ1) is 14.1. The lowest BCUT2D eigenvalue weighted by molar-refractivity contribution is -0.134. The fraction of sp³-hybridized carbons (Fsp3) is 0.500. The van der Waals surface area contributed by atoms with Crippen molar-refractivity contribution < 1.29 is 9.18 Å². The number of likely N-dealkylation sites (tertiary alicyclic amines) is 1. The number of hydrogen-bond acceptors (Lipinski definition) is 2. The highest BCUT2D eigenvalue weighted by Gasteiger charge is 2.33. The Labute approximate surface area is 117 Å². The van der Waals surface area contributed by atoms with Crippen LogP contribution >= 0.6 is 11.6 Å². The zero-order valence-electron chi connectivity index (χ0n) is 11.1. The molecule has 1 aliphatic rings. The van der Waals surface area contributed by atoms with Gasteiger partial charge in [0.15, 0.2) is 0 Å². The molecule has 1 fully saturated rings. The lowest BCUT2D eigenvalue weighted by atomic mass is 10.0. The molecule has 5 heteroatoms. The molecule has 2 rings (SSSR count). The molecule has 1 heterocycles. The van der Waals surface area contributed by atoms with Gasteiger partial charge in [0.1, 0.15) is 0 Å². The van der Waals surface area contributed by atoms with E-state index in [1.807, 2.05) is 43.3 Å². The minimum absolute atomic E-state index is 0.0654. The SMILES string of the molecule is CN(C)c1cccc(C2CCCN2C(=O)C(F)Cl)c1. The fourth-order valence-corrected chi connectivity index (χ4v) is 2.64. The van der Waals surface area contributed by atoms with Crippen molar-refractivity contribution in [1.29, 1.82) is 0 Å². The molecule has 2 unspecified atom stereocenters. The maximum Gasteiger partial charge on any atom is 0.273 e. The van der Waals surface area contributed by atoms with Crippen LogP contribution < -0.4 is 4.90 Å². The number of carbonyl (C=O) groups excluding carboxylic acids is 1. The average molecular weight is 285 g/mol. The van der Waals surface area contributed by atoms with E-state index in [1.54, 1.807) is 4.90 Å². The van der Waals surface area contributed by atoms with Gasteiger partial charge in [-0.3, -0.25) is 4.79 Å². The number of carbonyl (C=O) groups is 1. The van der Waals surface area contributed by atoms with Crippen LogP contribution in [0.25, 0.3) is 0 Å². The monoisotopic (exact) mass is 284 g/mol. The second-order valence-corrected chi connectivity index (χ2v) is 5.36. The molecule has 19 heavy (non-hydrogen) atoms. The Morgan fingerprint density at radius 3 is 2.89 bits per heavy atom. The Bertz CT molecular complexity index is 465. The molecule has 0 spiro atoms. The van der Waals surface area contributed by atoms with Crippen LogP contribution in [-0.4, -0.2) is 37.1 Å². The van der Waals surface area contributed by atoms with Crippen molar-refractivity contribution in [3.63, 3.8) is 0 Å². The lowest BCUT2D eigenvalue weighted by Crippen LogP contribution is -2.34. The molecule has 1 aliphatic heterocycles. The summed E-state index contributed by atoms with van der Waals surface area (Å²) in [5, 5.41) is 0. The molecule has 0 saturated carbocycles. The highest BCUT2D eigenvalue weighted by Crippen LogP contribution is 2.34. The molecule has 0 N–H and O–H groups in total.